The third kappa shape index (κ3) is 5.25. The van der Waals surface area contributed by atoms with Gasteiger partial charge in [-0.15, -0.1) is 0 Å². The van der Waals surface area contributed by atoms with Gasteiger partial charge in [-0.1, -0.05) is 13.3 Å². The van der Waals surface area contributed by atoms with Gasteiger partial charge < -0.3 is 14.8 Å². The van der Waals surface area contributed by atoms with Crippen LogP contribution in [0.15, 0.2) is 0 Å². The Morgan fingerprint density at radius 3 is 2.94 bits per heavy atom. The summed E-state index contributed by atoms with van der Waals surface area (Å²) < 4.78 is 10.5. The molecule has 4 nitrogen and oxygen atoms in total. The van der Waals surface area contributed by atoms with Gasteiger partial charge in [0.25, 0.3) is 0 Å². The molecule has 1 heterocycles. The van der Waals surface area contributed by atoms with Crippen LogP contribution >= 0.6 is 0 Å². The van der Waals surface area contributed by atoms with Gasteiger partial charge >= 0.3 is 0 Å². The molecule has 0 radical (unpaired) electrons. The zero-order chi connectivity index (χ0) is 11.6. The maximum absolute atomic E-state index is 5.52. The third-order valence-electron chi connectivity index (χ3n) is 3.05. The first-order valence-electron chi connectivity index (χ1n) is 6.40. The monoisotopic (exact) mass is 230 g/mol. The fourth-order valence-corrected chi connectivity index (χ4v) is 2.14. The van der Waals surface area contributed by atoms with E-state index in [1.807, 2.05) is 0 Å². The summed E-state index contributed by atoms with van der Waals surface area (Å²) in [5.41, 5.74) is 0. The summed E-state index contributed by atoms with van der Waals surface area (Å²) in [7, 11) is 1.71. The Balaban J connectivity index is 2.11. The average molecular weight is 230 g/mol. The second-order valence-electron chi connectivity index (χ2n) is 4.29. The summed E-state index contributed by atoms with van der Waals surface area (Å²) in [4.78, 5) is 2.55. The Labute approximate surface area is 99.3 Å². The minimum atomic E-state index is 0.694. The molecule has 1 aliphatic heterocycles. The third-order valence-corrected chi connectivity index (χ3v) is 3.05. The second kappa shape index (κ2) is 8.93. The topological polar surface area (TPSA) is 33.7 Å². The second-order valence-corrected chi connectivity index (χ2v) is 4.29. The smallest absolute Gasteiger partial charge is 0.0700 e. The molecule has 0 spiro atoms. The van der Waals surface area contributed by atoms with E-state index in [9.17, 15) is 0 Å². The van der Waals surface area contributed by atoms with Crippen molar-refractivity contribution in [3.05, 3.63) is 0 Å². The maximum Gasteiger partial charge on any atom is 0.0700 e. The van der Waals surface area contributed by atoms with Crippen LogP contribution in [0.3, 0.4) is 0 Å². The van der Waals surface area contributed by atoms with Gasteiger partial charge in [-0.2, -0.15) is 0 Å². The highest BCUT2D eigenvalue weighted by Gasteiger charge is 2.20. The van der Waals surface area contributed by atoms with Gasteiger partial charge in [0, 0.05) is 39.3 Å². The van der Waals surface area contributed by atoms with Crippen LogP contribution in [0.2, 0.25) is 0 Å². The summed E-state index contributed by atoms with van der Waals surface area (Å²) in [5, 5.41) is 3.46. The molecule has 96 valence electrons. The van der Waals surface area contributed by atoms with Crippen LogP contribution in [0.4, 0.5) is 0 Å². The lowest BCUT2D eigenvalue weighted by Crippen LogP contribution is -2.52. The highest BCUT2D eigenvalue weighted by molar-refractivity contribution is 4.79. The van der Waals surface area contributed by atoms with Gasteiger partial charge in [0.1, 0.15) is 0 Å². The Hall–Kier alpha value is -0.160. The van der Waals surface area contributed by atoms with Crippen molar-refractivity contribution in [1.29, 1.82) is 0 Å². The van der Waals surface area contributed by atoms with E-state index < -0.39 is 0 Å². The van der Waals surface area contributed by atoms with Crippen LogP contribution in [-0.2, 0) is 9.47 Å². The number of ether oxygens (including phenoxy) is 2. The number of rotatable bonds is 8. The average Bonchev–Trinajstić information content (AvgIpc) is 2.31. The van der Waals surface area contributed by atoms with E-state index in [1.165, 1.54) is 12.8 Å². The number of hydrogen-bond donors (Lipinski definition) is 1. The number of hydrogen-bond acceptors (Lipinski definition) is 4. The van der Waals surface area contributed by atoms with Crippen molar-refractivity contribution in [1.82, 2.24) is 10.2 Å². The Morgan fingerprint density at radius 1 is 1.31 bits per heavy atom. The standard InChI is InChI=1S/C12H26N2O2/c1-3-4-12-11-13-5-6-14(12)7-8-16-10-9-15-2/h12-13H,3-11H2,1-2H3. The SMILES string of the molecule is CCCC1CNCCN1CCOCCOC. The van der Waals surface area contributed by atoms with E-state index >= 15 is 0 Å². The largest absolute Gasteiger partial charge is 0.382 e. The van der Waals surface area contributed by atoms with E-state index in [-0.39, 0.29) is 0 Å². The molecule has 0 aromatic rings. The molecule has 1 aliphatic rings. The van der Waals surface area contributed by atoms with Gasteiger partial charge in [-0.25, -0.2) is 0 Å². The predicted octanol–water partition coefficient (Wildman–Crippen LogP) is 0.723. The minimum absolute atomic E-state index is 0.694. The molecular formula is C12H26N2O2. The van der Waals surface area contributed by atoms with Gasteiger partial charge in [-0.3, -0.25) is 4.90 Å². The lowest BCUT2D eigenvalue weighted by molar-refractivity contribution is 0.0437. The fraction of sp³-hybridized carbons (Fsp3) is 1.00. The van der Waals surface area contributed by atoms with Gasteiger partial charge in [0.05, 0.1) is 19.8 Å². The van der Waals surface area contributed by atoms with Crippen molar-refractivity contribution in [2.45, 2.75) is 25.8 Å². The van der Waals surface area contributed by atoms with Crippen LogP contribution in [0.25, 0.3) is 0 Å². The van der Waals surface area contributed by atoms with Crippen LogP contribution in [-0.4, -0.2) is 64.1 Å². The molecule has 1 saturated heterocycles. The molecule has 16 heavy (non-hydrogen) atoms. The zero-order valence-electron chi connectivity index (χ0n) is 10.7. The van der Waals surface area contributed by atoms with E-state index in [1.54, 1.807) is 7.11 Å². The molecule has 1 unspecified atom stereocenters. The summed E-state index contributed by atoms with van der Waals surface area (Å²) >= 11 is 0. The van der Waals surface area contributed by atoms with E-state index in [0.717, 1.165) is 32.8 Å². The number of nitrogens with zero attached hydrogens (tertiary/aromatic N) is 1. The van der Waals surface area contributed by atoms with Crippen molar-refractivity contribution >= 4 is 0 Å². The maximum atomic E-state index is 5.52. The molecule has 0 aromatic heterocycles. The zero-order valence-corrected chi connectivity index (χ0v) is 10.7. The molecule has 1 N–H and O–H groups in total. The van der Waals surface area contributed by atoms with Crippen molar-refractivity contribution in [3.63, 3.8) is 0 Å². The molecule has 0 saturated carbocycles. The molecule has 1 rings (SSSR count). The summed E-state index contributed by atoms with van der Waals surface area (Å²) in [6, 6.07) is 0.699. The normalized spacial score (nSPS) is 22.5. The van der Waals surface area contributed by atoms with E-state index in [2.05, 4.69) is 17.1 Å². The predicted molar refractivity (Wildman–Crippen MR) is 65.8 cm³/mol. The number of piperazine rings is 1. The Morgan fingerprint density at radius 2 is 2.19 bits per heavy atom. The number of nitrogens with one attached hydrogen (secondary N) is 1. The molecule has 1 fully saturated rings. The van der Waals surface area contributed by atoms with Crippen LogP contribution in [0.5, 0.6) is 0 Å². The minimum Gasteiger partial charge on any atom is -0.382 e. The highest BCUT2D eigenvalue weighted by atomic mass is 16.5. The van der Waals surface area contributed by atoms with Gasteiger partial charge in [0.15, 0.2) is 0 Å². The van der Waals surface area contributed by atoms with E-state index in [0.29, 0.717) is 19.3 Å². The summed E-state index contributed by atoms with van der Waals surface area (Å²) in [6.45, 7) is 8.92. The summed E-state index contributed by atoms with van der Waals surface area (Å²) in [6.07, 6.45) is 2.54. The van der Waals surface area contributed by atoms with Gasteiger partial charge in [0.2, 0.25) is 0 Å². The van der Waals surface area contributed by atoms with Gasteiger partial charge in [-0.05, 0) is 6.42 Å². The van der Waals surface area contributed by atoms with Crippen molar-refractivity contribution in [3.8, 4) is 0 Å². The molecule has 4 heteroatoms. The lowest BCUT2D eigenvalue weighted by Gasteiger charge is -2.36. The molecular weight excluding hydrogens is 204 g/mol. The quantitative estimate of drug-likeness (QED) is 0.623. The lowest BCUT2D eigenvalue weighted by atomic mass is 10.1. The Kier molecular flexibility index (Phi) is 7.76. The molecule has 0 aliphatic carbocycles. The molecule has 0 aromatic carbocycles. The van der Waals surface area contributed by atoms with Crippen molar-refractivity contribution in [2.24, 2.45) is 0 Å². The first-order chi connectivity index (χ1) is 7.88. The Bertz CT molecular complexity index is 165. The first kappa shape index (κ1) is 13.9. The molecule has 0 bridgehead atoms. The fourth-order valence-electron chi connectivity index (χ4n) is 2.14. The number of methoxy groups -OCH3 is 1. The molecule has 0 amide bonds. The van der Waals surface area contributed by atoms with Crippen LogP contribution in [0.1, 0.15) is 19.8 Å². The summed E-state index contributed by atoms with van der Waals surface area (Å²) in [5.74, 6) is 0. The molecule has 1 atom stereocenters. The van der Waals surface area contributed by atoms with Crippen molar-refractivity contribution in [2.75, 3.05) is 53.1 Å². The van der Waals surface area contributed by atoms with Crippen LogP contribution < -0.4 is 5.32 Å². The highest BCUT2D eigenvalue weighted by Crippen LogP contribution is 2.08. The van der Waals surface area contributed by atoms with E-state index in [4.69, 9.17) is 9.47 Å². The van der Waals surface area contributed by atoms with Crippen molar-refractivity contribution < 1.29 is 9.47 Å². The first-order valence-corrected chi connectivity index (χ1v) is 6.40. The van der Waals surface area contributed by atoms with Crippen LogP contribution in [0, 0.1) is 0 Å².